The first kappa shape index (κ1) is 24.0. The van der Waals surface area contributed by atoms with E-state index >= 15 is 0 Å². The average Bonchev–Trinajstić information content (AvgIpc) is 3.20. The molecule has 1 aliphatic carbocycles. The fourth-order valence-electron chi connectivity index (χ4n) is 4.91. The third kappa shape index (κ3) is 5.86. The molecule has 2 aliphatic rings. The third-order valence-electron chi connectivity index (χ3n) is 6.53. The highest BCUT2D eigenvalue weighted by Crippen LogP contribution is 2.40. The van der Waals surface area contributed by atoms with Crippen molar-refractivity contribution in [2.75, 3.05) is 26.7 Å². The van der Waals surface area contributed by atoms with Crippen LogP contribution in [0.3, 0.4) is 0 Å². The van der Waals surface area contributed by atoms with Gasteiger partial charge in [-0.05, 0) is 37.3 Å². The van der Waals surface area contributed by atoms with Crippen LogP contribution in [0.25, 0.3) is 0 Å². The van der Waals surface area contributed by atoms with Crippen molar-refractivity contribution in [3.05, 3.63) is 35.4 Å². The molecule has 0 bridgehead atoms. The van der Waals surface area contributed by atoms with Gasteiger partial charge in [0.25, 0.3) is 0 Å². The Balaban J connectivity index is 0.00000300. The second-order valence-electron chi connectivity index (χ2n) is 8.40. The van der Waals surface area contributed by atoms with Gasteiger partial charge in [-0.3, -0.25) is 9.79 Å². The van der Waals surface area contributed by atoms with E-state index in [0.717, 1.165) is 32.0 Å². The second kappa shape index (κ2) is 11.2. The van der Waals surface area contributed by atoms with E-state index in [-0.39, 0.29) is 41.3 Å². The molecule has 2 fully saturated rings. The highest BCUT2D eigenvalue weighted by molar-refractivity contribution is 14.0. The molecule has 0 radical (unpaired) electrons. The van der Waals surface area contributed by atoms with Crippen LogP contribution in [-0.2, 0) is 10.2 Å². The van der Waals surface area contributed by atoms with Crippen LogP contribution in [-0.4, -0.2) is 49.5 Å². The number of likely N-dealkylation sites (tertiary alicyclic amines) is 1. The Morgan fingerprint density at radius 3 is 2.62 bits per heavy atom. The first-order valence-electron chi connectivity index (χ1n) is 10.9. The lowest BCUT2D eigenvalue weighted by Crippen LogP contribution is -2.50. The summed E-state index contributed by atoms with van der Waals surface area (Å²) in [5, 5.41) is 7.17. The summed E-state index contributed by atoms with van der Waals surface area (Å²) >= 11 is 0. The molecular weight excluding hydrogens is 475 g/mol. The maximum atomic E-state index is 11.9. The molecule has 6 heteroatoms. The van der Waals surface area contributed by atoms with Crippen molar-refractivity contribution in [3.63, 3.8) is 0 Å². The average molecular weight is 512 g/mol. The zero-order valence-corrected chi connectivity index (χ0v) is 20.5. The number of guanidine groups is 1. The van der Waals surface area contributed by atoms with E-state index in [0.29, 0.717) is 6.42 Å². The predicted octanol–water partition coefficient (Wildman–Crippen LogP) is 3.99. The summed E-state index contributed by atoms with van der Waals surface area (Å²) in [5.74, 6) is 1.10. The second-order valence-corrected chi connectivity index (χ2v) is 8.40. The number of amides is 1. The van der Waals surface area contributed by atoms with Gasteiger partial charge in [0.15, 0.2) is 5.96 Å². The number of aryl methyl sites for hydroxylation is 1. The van der Waals surface area contributed by atoms with Gasteiger partial charge in [0.1, 0.15) is 0 Å². The summed E-state index contributed by atoms with van der Waals surface area (Å²) in [5.41, 5.74) is 3.05. The third-order valence-corrected chi connectivity index (χ3v) is 6.53. The molecule has 5 nitrogen and oxygen atoms in total. The number of benzene rings is 1. The van der Waals surface area contributed by atoms with Crippen LogP contribution in [0.4, 0.5) is 0 Å². The molecule has 29 heavy (non-hydrogen) atoms. The molecule has 1 saturated carbocycles. The van der Waals surface area contributed by atoms with Gasteiger partial charge in [0.2, 0.25) is 5.91 Å². The topological polar surface area (TPSA) is 56.7 Å². The quantitative estimate of drug-likeness (QED) is 0.357. The summed E-state index contributed by atoms with van der Waals surface area (Å²) < 4.78 is 0. The number of halogens is 1. The molecule has 3 rings (SSSR count). The molecule has 1 heterocycles. The molecule has 2 N–H and O–H groups in total. The van der Waals surface area contributed by atoms with Crippen molar-refractivity contribution in [2.24, 2.45) is 4.99 Å². The normalized spacial score (nSPS) is 21.4. The van der Waals surface area contributed by atoms with Crippen molar-refractivity contribution < 1.29 is 4.79 Å². The van der Waals surface area contributed by atoms with Gasteiger partial charge >= 0.3 is 0 Å². The molecule has 1 aromatic rings. The molecule has 1 unspecified atom stereocenters. The minimum Gasteiger partial charge on any atom is -0.356 e. The Morgan fingerprint density at radius 1 is 1.24 bits per heavy atom. The highest BCUT2D eigenvalue weighted by Gasteiger charge is 2.35. The number of carbonyl (C=O) groups excluding carboxylic acids is 1. The van der Waals surface area contributed by atoms with Gasteiger partial charge in [-0.1, -0.05) is 50.5 Å². The zero-order chi connectivity index (χ0) is 20.0. The summed E-state index contributed by atoms with van der Waals surface area (Å²) in [7, 11) is 1.83. The lowest BCUT2D eigenvalue weighted by molar-refractivity contribution is -0.129. The smallest absolute Gasteiger partial charge is 0.222 e. The number of nitrogens with zero attached hydrogens (tertiary/aromatic N) is 2. The fourth-order valence-corrected chi connectivity index (χ4v) is 4.91. The molecule has 1 amide bonds. The molecule has 1 aliphatic heterocycles. The summed E-state index contributed by atoms with van der Waals surface area (Å²) in [6, 6.07) is 9.12. The molecule has 0 spiro atoms. The van der Waals surface area contributed by atoms with E-state index < -0.39 is 0 Å². The van der Waals surface area contributed by atoms with E-state index in [1.807, 2.05) is 18.9 Å². The summed E-state index contributed by atoms with van der Waals surface area (Å²) in [4.78, 5) is 18.4. The Bertz CT molecular complexity index is 700. The van der Waals surface area contributed by atoms with Crippen molar-refractivity contribution in [2.45, 2.75) is 70.3 Å². The predicted molar refractivity (Wildman–Crippen MR) is 131 cm³/mol. The van der Waals surface area contributed by atoms with Crippen LogP contribution >= 0.6 is 24.0 Å². The van der Waals surface area contributed by atoms with Crippen LogP contribution in [0.2, 0.25) is 0 Å². The van der Waals surface area contributed by atoms with E-state index in [2.05, 4.69) is 46.8 Å². The molecular formula is C23H37IN4O. The highest BCUT2D eigenvalue weighted by atomic mass is 127. The van der Waals surface area contributed by atoms with Crippen LogP contribution in [0.5, 0.6) is 0 Å². The SMILES string of the molecule is CCC(=O)N1CCC(NC(=NC)NCC2(c3ccccc3C)CCCCC2)C1.I. The van der Waals surface area contributed by atoms with Gasteiger partial charge in [-0.2, -0.15) is 0 Å². The van der Waals surface area contributed by atoms with Crippen molar-refractivity contribution in [1.82, 2.24) is 15.5 Å². The number of hydrogen-bond acceptors (Lipinski definition) is 2. The minimum atomic E-state index is 0. The van der Waals surface area contributed by atoms with E-state index in [4.69, 9.17) is 0 Å². The van der Waals surface area contributed by atoms with Crippen LogP contribution in [0.1, 0.15) is 63.0 Å². The fraction of sp³-hybridized carbons (Fsp3) is 0.652. The Hall–Kier alpha value is -1.31. The van der Waals surface area contributed by atoms with Gasteiger partial charge in [-0.25, -0.2) is 0 Å². The van der Waals surface area contributed by atoms with Crippen LogP contribution in [0.15, 0.2) is 29.3 Å². The Kier molecular flexibility index (Phi) is 9.24. The Morgan fingerprint density at radius 2 is 1.97 bits per heavy atom. The zero-order valence-electron chi connectivity index (χ0n) is 18.2. The van der Waals surface area contributed by atoms with E-state index in [1.165, 1.54) is 43.2 Å². The van der Waals surface area contributed by atoms with Gasteiger partial charge in [0, 0.05) is 44.6 Å². The first-order chi connectivity index (χ1) is 13.6. The molecule has 1 saturated heterocycles. The first-order valence-corrected chi connectivity index (χ1v) is 10.9. The van der Waals surface area contributed by atoms with Gasteiger partial charge in [-0.15, -0.1) is 24.0 Å². The maximum absolute atomic E-state index is 11.9. The van der Waals surface area contributed by atoms with Gasteiger partial charge in [0.05, 0.1) is 0 Å². The van der Waals surface area contributed by atoms with Crippen LogP contribution in [0, 0.1) is 6.92 Å². The van der Waals surface area contributed by atoms with Gasteiger partial charge < -0.3 is 15.5 Å². The standard InChI is InChI=1S/C23H36N4O.HI/c1-4-21(28)27-15-12-19(16-27)26-22(24-3)25-17-23(13-8-5-9-14-23)20-11-7-6-10-18(20)2;/h6-7,10-11,19H,4-5,8-9,12-17H2,1-3H3,(H2,24,25,26);1H. The number of aliphatic imine (C=N–C) groups is 1. The molecule has 1 aromatic carbocycles. The monoisotopic (exact) mass is 512 g/mol. The maximum Gasteiger partial charge on any atom is 0.222 e. The number of rotatable bonds is 5. The van der Waals surface area contributed by atoms with E-state index in [1.54, 1.807) is 0 Å². The lowest BCUT2D eigenvalue weighted by atomic mass is 9.68. The van der Waals surface area contributed by atoms with Crippen molar-refractivity contribution in [1.29, 1.82) is 0 Å². The summed E-state index contributed by atoms with van der Waals surface area (Å²) in [6.07, 6.45) is 7.93. The van der Waals surface area contributed by atoms with Crippen LogP contribution < -0.4 is 10.6 Å². The molecule has 1 atom stereocenters. The minimum absolute atomic E-state index is 0. The van der Waals surface area contributed by atoms with Crippen molar-refractivity contribution >= 4 is 35.8 Å². The largest absolute Gasteiger partial charge is 0.356 e. The lowest BCUT2D eigenvalue weighted by Gasteiger charge is -2.39. The Labute approximate surface area is 193 Å². The number of nitrogens with one attached hydrogen (secondary N) is 2. The van der Waals surface area contributed by atoms with Crippen molar-refractivity contribution in [3.8, 4) is 0 Å². The summed E-state index contributed by atoms with van der Waals surface area (Å²) in [6.45, 7) is 6.68. The molecule has 0 aromatic heterocycles. The molecule has 162 valence electrons. The number of hydrogen-bond donors (Lipinski definition) is 2. The number of carbonyl (C=O) groups is 1. The van der Waals surface area contributed by atoms with E-state index in [9.17, 15) is 4.79 Å².